The molecule has 0 aromatic carbocycles. The van der Waals surface area contributed by atoms with E-state index in [1.165, 1.54) is 25.7 Å². The molecule has 18 heavy (non-hydrogen) atoms. The molecule has 0 saturated heterocycles. The first kappa shape index (κ1) is 15.0. The summed E-state index contributed by atoms with van der Waals surface area (Å²) in [7, 11) is 0. The van der Waals surface area contributed by atoms with Crippen molar-refractivity contribution in [1.29, 1.82) is 0 Å². The molecule has 0 aliphatic carbocycles. The van der Waals surface area contributed by atoms with Crippen LogP contribution in [0.4, 0.5) is 5.69 Å². The Kier molecular flexibility index (Phi) is 6.13. The highest BCUT2D eigenvalue weighted by molar-refractivity contribution is 5.34. The molecular weight excluding hydrogens is 222 g/mol. The Morgan fingerprint density at radius 1 is 1.28 bits per heavy atom. The Labute approximate surface area is 111 Å². The predicted molar refractivity (Wildman–Crippen MR) is 78.3 cm³/mol. The summed E-state index contributed by atoms with van der Waals surface area (Å²) in [4.78, 5) is 4.29. The highest BCUT2D eigenvalue weighted by Gasteiger charge is 2.16. The Bertz CT molecular complexity index is 330. The number of nitrogens with one attached hydrogen (secondary N) is 1. The maximum atomic E-state index is 5.61. The maximum absolute atomic E-state index is 5.61. The van der Waals surface area contributed by atoms with Crippen LogP contribution in [0.1, 0.15) is 52.1 Å². The highest BCUT2D eigenvalue weighted by atomic mass is 14.9. The number of nitrogens with two attached hydrogens (primary N) is 1. The zero-order valence-corrected chi connectivity index (χ0v) is 12.0. The van der Waals surface area contributed by atoms with Crippen LogP contribution in [0.3, 0.4) is 0 Å². The summed E-state index contributed by atoms with van der Waals surface area (Å²) in [5.74, 6) is 0. The normalized spacial score (nSPS) is 11.7. The molecule has 0 fully saturated rings. The molecule has 0 saturated carbocycles. The summed E-state index contributed by atoms with van der Waals surface area (Å²) in [5, 5.41) is 3.49. The molecule has 102 valence electrons. The number of rotatable bonds is 8. The van der Waals surface area contributed by atoms with Crippen LogP contribution in [0.15, 0.2) is 18.3 Å². The summed E-state index contributed by atoms with van der Waals surface area (Å²) in [5.41, 5.74) is 7.74. The third-order valence-electron chi connectivity index (χ3n) is 3.21. The molecule has 1 aromatic heterocycles. The van der Waals surface area contributed by atoms with Crippen molar-refractivity contribution in [2.75, 3.05) is 12.3 Å². The molecule has 1 rings (SSSR count). The van der Waals surface area contributed by atoms with Crippen LogP contribution in [0.2, 0.25) is 0 Å². The lowest BCUT2D eigenvalue weighted by atomic mass is 9.87. The summed E-state index contributed by atoms with van der Waals surface area (Å²) in [6.07, 6.45) is 6.94. The van der Waals surface area contributed by atoms with E-state index in [0.717, 1.165) is 24.5 Å². The van der Waals surface area contributed by atoms with Crippen LogP contribution in [-0.4, -0.2) is 11.5 Å². The van der Waals surface area contributed by atoms with Crippen LogP contribution in [0.25, 0.3) is 0 Å². The van der Waals surface area contributed by atoms with Gasteiger partial charge < -0.3 is 11.1 Å². The fraction of sp³-hybridized carbons (Fsp3) is 0.667. The van der Waals surface area contributed by atoms with Crippen molar-refractivity contribution >= 4 is 5.69 Å². The fourth-order valence-electron chi connectivity index (χ4n) is 2.01. The Hall–Kier alpha value is -1.09. The number of anilines is 1. The van der Waals surface area contributed by atoms with Gasteiger partial charge in [-0.3, -0.25) is 4.98 Å². The minimum atomic E-state index is 0.364. The SMILES string of the molecule is CCCCCC(C)(C)CNCc1ccc(N)cn1. The van der Waals surface area contributed by atoms with E-state index in [0.29, 0.717) is 5.41 Å². The van der Waals surface area contributed by atoms with E-state index in [2.05, 4.69) is 31.1 Å². The van der Waals surface area contributed by atoms with E-state index >= 15 is 0 Å². The molecule has 0 bridgehead atoms. The average molecular weight is 249 g/mol. The van der Waals surface area contributed by atoms with E-state index in [9.17, 15) is 0 Å². The minimum absolute atomic E-state index is 0.364. The molecule has 0 radical (unpaired) electrons. The average Bonchev–Trinajstić information content (AvgIpc) is 2.32. The van der Waals surface area contributed by atoms with E-state index in [1.807, 2.05) is 12.1 Å². The van der Waals surface area contributed by atoms with Crippen molar-refractivity contribution < 1.29 is 0 Å². The van der Waals surface area contributed by atoms with Crippen molar-refractivity contribution in [2.45, 2.75) is 53.0 Å². The van der Waals surface area contributed by atoms with Crippen LogP contribution in [0, 0.1) is 5.41 Å². The lowest BCUT2D eigenvalue weighted by Crippen LogP contribution is -2.29. The number of hydrogen-bond donors (Lipinski definition) is 2. The summed E-state index contributed by atoms with van der Waals surface area (Å²) in [6, 6.07) is 3.88. The van der Waals surface area contributed by atoms with Gasteiger partial charge in [0, 0.05) is 13.1 Å². The first-order valence-corrected chi connectivity index (χ1v) is 6.94. The summed E-state index contributed by atoms with van der Waals surface area (Å²) >= 11 is 0. The van der Waals surface area contributed by atoms with Gasteiger partial charge in [-0.05, 0) is 24.0 Å². The van der Waals surface area contributed by atoms with Crippen LogP contribution in [0.5, 0.6) is 0 Å². The number of nitrogen functional groups attached to an aromatic ring is 1. The third kappa shape index (κ3) is 6.01. The second-order valence-corrected chi connectivity index (χ2v) is 5.81. The van der Waals surface area contributed by atoms with E-state index in [4.69, 9.17) is 5.73 Å². The smallest absolute Gasteiger partial charge is 0.0543 e. The monoisotopic (exact) mass is 249 g/mol. The largest absolute Gasteiger partial charge is 0.397 e. The zero-order valence-electron chi connectivity index (χ0n) is 12.0. The Balaban J connectivity index is 2.25. The van der Waals surface area contributed by atoms with E-state index in [-0.39, 0.29) is 0 Å². The van der Waals surface area contributed by atoms with Crippen LogP contribution >= 0.6 is 0 Å². The van der Waals surface area contributed by atoms with Gasteiger partial charge in [0.15, 0.2) is 0 Å². The second-order valence-electron chi connectivity index (χ2n) is 5.81. The predicted octanol–water partition coefficient (Wildman–Crippen LogP) is 3.36. The molecule has 0 aliphatic heterocycles. The van der Waals surface area contributed by atoms with Crippen molar-refractivity contribution in [3.8, 4) is 0 Å². The molecule has 0 aliphatic rings. The van der Waals surface area contributed by atoms with Crippen LogP contribution < -0.4 is 11.1 Å². The molecule has 0 amide bonds. The summed E-state index contributed by atoms with van der Waals surface area (Å²) in [6.45, 7) is 8.75. The number of unbranched alkanes of at least 4 members (excludes halogenated alkanes) is 2. The van der Waals surface area contributed by atoms with Crippen molar-refractivity contribution in [1.82, 2.24) is 10.3 Å². The van der Waals surface area contributed by atoms with Gasteiger partial charge in [-0.15, -0.1) is 0 Å². The van der Waals surface area contributed by atoms with Crippen LogP contribution in [-0.2, 0) is 6.54 Å². The van der Waals surface area contributed by atoms with Gasteiger partial charge in [0.25, 0.3) is 0 Å². The second kappa shape index (κ2) is 7.37. The van der Waals surface area contributed by atoms with E-state index in [1.54, 1.807) is 6.20 Å². The first-order chi connectivity index (χ1) is 8.53. The molecule has 0 unspecified atom stereocenters. The van der Waals surface area contributed by atoms with Gasteiger partial charge >= 0.3 is 0 Å². The zero-order chi connectivity index (χ0) is 13.4. The van der Waals surface area contributed by atoms with Gasteiger partial charge in [0.2, 0.25) is 0 Å². The minimum Gasteiger partial charge on any atom is -0.397 e. The first-order valence-electron chi connectivity index (χ1n) is 6.94. The van der Waals surface area contributed by atoms with Gasteiger partial charge in [-0.1, -0.05) is 40.0 Å². The molecule has 1 heterocycles. The molecule has 3 heteroatoms. The van der Waals surface area contributed by atoms with Crippen molar-refractivity contribution in [3.63, 3.8) is 0 Å². The van der Waals surface area contributed by atoms with Gasteiger partial charge in [-0.2, -0.15) is 0 Å². The Morgan fingerprint density at radius 3 is 2.67 bits per heavy atom. The summed E-state index contributed by atoms with van der Waals surface area (Å²) < 4.78 is 0. The number of hydrogen-bond acceptors (Lipinski definition) is 3. The molecule has 3 nitrogen and oxygen atoms in total. The fourth-order valence-corrected chi connectivity index (χ4v) is 2.01. The van der Waals surface area contributed by atoms with Gasteiger partial charge in [-0.25, -0.2) is 0 Å². The van der Waals surface area contributed by atoms with Crippen molar-refractivity contribution in [3.05, 3.63) is 24.0 Å². The molecule has 3 N–H and O–H groups in total. The van der Waals surface area contributed by atoms with E-state index < -0.39 is 0 Å². The molecule has 0 atom stereocenters. The quantitative estimate of drug-likeness (QED) is 0.695. The molecule has 0 spiro atoms. The Morgan fingerprint density at radius 2 is 2.06 bits per heavy atom. The lowest BCUT2D eigenvalue weighted by Gasteiger charge is -2.25. The standard InChI is InChI=1S/C15H27N3/c1-4-5-6-9-15(2,3)12-17-11-14-8-7-13(16)10-18-14/h7-8,10,17H,4-6,9,11-12,16H2,1-3H3. The third-order valence-corrected chi connectivity index (χ3v) is 3.21. The number of aromatic nitrogens is 1. The van der Waals surface area contributed by atoms with Gasteiger partial charge in [0.05, 0.1) is 17.6 Å². The maximum Gasteiger partial charge on any atom is 0.0543 e. The highest BCUT2D eigenvalue weighted by Crippen LogP contribution is 2.22. The molecular formula is C15H27N3. The number of nitrogens with zero attached hydrogens (tertiary/aromatic N) is 1. The molecule has 1 aromatic rings. The lowest BCUT2D eigenvalue weighted by molar-refractivity contribution is 0.301. The number of pyridine rings is 1. The van der Waals surface area contributed by atoms with Crippen molar-refractivity contribution in [2.24, 2.45) is 5.41 Å². The topological polar surface area (TPSA) is 50.9 Å². The van der Waals surface area contributed by atoms with Gasteiger partial charge in [0.1, 0.15) is 0 Å².